The minimum Gasteiger partial charge on any atom is -0.326 e. The molecule has 1 fully saturated rings. The van der Waals surface area contributed by atoms with Crippen molar-refractivity contribution in [1.29, 1.82) is 0 Å². The predicted molar refractivity (Wildman–Crippen MR) is 60.6 cm³/mol. The maximum atomic E-state index is 10.9. The van der Waals surface area contributed by atoms with Gasteiger partial charge >= 0.3 is 0 Å². The number of nitrogens with two attached hydrogens (primary N) is 1. The molecule has 0 radical (unpaired) electrons. The number of carbonyl (C=O) groups excluding carboxylic acids is 1. The summed E-state index contributed by atoms with van der Waals surface area (Å²) in [5, 5.41) is 2.77. The first-order chi connectivity index (χ1) is 7.07. The van der Waals surface area contributed by atoms with Crippen LogP contribution in [-0.4, -0.2) is 11.4 Å². The molecule has 0 aliphatic heterocycles. The zero-order valence-electron chi connectivity index (χ0n) is 8.92. The molecule has 3 N–H and O–H groups in total. The Morgan fingerprint density at radius 2 is 2.27 bits per heavy atom. The molecular weight excluding hydrogens is 188 g/mol. The van der Waals surface area contributed by atoms with E-state index in [-0.39, 0.29) is 11.4 Å². The third-order valence-corrected chi connectivity index (χ3v) is 2.70. The molecule has 1 amide bonds. The van der Waals surface area contributed by atoms with E-state index in [1.54, 1.807) is 0 Å². The maximum Gasteiger partial charge on any atom is 0.221 e. The Morgan fingerprint density at radius 1 is 1.53 bits per heavy atom. The van der Waals surface area contributed by atoms with Crippen molar-refractivity contribution in [1.82, 2.24) is 0 Å². The molecule has 3 nitrogen and oxygen atoms in total. The standard InChI is InChI=1S/C12H16N2O/c1-9(15)14-11-4-2-3-10(7-11)8-12(13)5-6-12/h2-4,7H,5-6,8,13H2,1H3,(H,14,15). The molecule has 1 saturated carbocycles. The van der Waals surface area contributed by atoms with Gasteiger partial charge in [-0.25, -0.2) is 0 Å². The van der Waals surface area contributed by atoms with Crippen LogP contribution in [0, 0.1) is 0 Å². The zero-order chi connectivity index (χ0) is 10.9. The zero-order valence-corrected chi connectivity index (χ0v) is 8.92. The summed E-state index contributed by atoms with van der Waals surface area (Å²) in [6, 6.07) is 7.89. The van der Waals surface area contributed by atoms with E-state index in [0.29, 0.717) is 0 Å². The number of benzene rings is 1. The first-order valence-corrected chi connectivity index (χ1v) is 5.23. The number of rotatable bonds is 3. The van der Waals surface area contributed by atoms with Gasteiger partial charge in [0, 0.05) is 18.2 Å². The fraction of sp³-hybridized carbons (Fsp3) is 0.417. The first-order valence-electron chi connectivity index (χ1n) is 5.23. The monoisotopic (exact) mass is 204 g/mol. The fourth-order valence-electron chi connectivity index (χ4n) is 1.71. The van der Waals surface area contributed by atoms with Crippen LogP contribution in [0.25, 0.3) is 0 Å². The molecule has 3 heteroatoms. The largest absolute Gasteiger partial charge is 0.326 e. The van der Waals surface area contributed by atoms with Crippen LogP contribution < -0.4 is 11.1 Å². The summed E-state index contributed by atoms with van der Waals surface area (Å²) in [6.07, 6.45) is 3.12. The van der Waals surface area contributed by atoms with Gasteiger partial charge in [0.15, 0.2) is 0 Å². The third-order valence-electron chi connectivity index (χ3n) is 2.70. The predicted octanol–water partition coefficient (Wildman–Crippen LogP) is 1.68. The third kappa shape index (κ3) is 2.80. The summed E-state index contributed by atoms with van der Waals surface area (Å²) in [7, 11) is 0. The van der Waals surface area contributed by atoms with Crippen LogP contribution in [0.2, 0.25) is 0 Å². The average Bonchev–Trinajstić information content (AvgIpc) is 2.82. The van der Waals surface area contributed by atoms with Crippen molar-refractivity contribution in [3.8, 4) is 0 Å². The summed E-state index contributed by atoms with van der Waals surface area (Å²) in [5.74, 6) is -0.0407. The highest BCUT2D eigenvalue weighted by atomic mass is 16.1. The molecule has 2 rings (SSSR count). The summed E-state index contributed by atoms with van der Waals surface area (Å²) in [6.45, 7) is 1.51. The number of hydrogen-bond acceptors (Lipinski definition) is 2. The van der Waals surface area contributed by atoms with Gasteiger partial charge in [-0.05, 0) is 37.0 Å². The quantitative estimate of drug-likeness (QED) is 0.787. The Kier molecular flexibility index (Phi) is 2.49. The van der Waals surface area contributed by atoms with Gasteiger partial charge in [0.05, 0.1) is 0 Å². The van der Waals surface area contributed by atoms with Crippen molar-refractivity contribution in [2.45, 2.75) is 31.7 Å². The highest BCUT2D eigenvalue weighted by Gasteiger charge is 2.37. The van der Waals surface area contributed by atoms with Gasteiger partial charge in [0.1, 0.15) is 0 Å². The number of amides is 1. The van der Waals surface area contributed by atoms with Gasteiger partial charge in [0.2, 0.25) is 5.91 Å². The highest BCUT2D eigenvalue weighted by Crippen LogP contribution is 2.35. The van der Waals surface area contributed by atoms with Gasteiger partial charge in [0.25, 0.3) is 0 Å². The molecule has 1 aliphatic carbocycles. The van der Waals surface area contributed by atoms with Crippen LogP contribution in [0.1, 0.15) is 25.3 Å². The topological polar surface area (TPSA) is 55.1 Å². The van der Waals surface area contributed by atoms with Gasteiger partial charge in [-0.1, -0.05) is 12.1 Å². The molecule has 80 valence electrons. The highest BCUT2D eigenvalue weighted by molar-refractivity contribution is 5.88. The van der Waals surface area contributed by atoms with E-state index < -0.39 is 0 Å². The number of anilines is 1. The minimum atomic E-state index is -0.0407. The van der Waals surface area contributed by atoms with Gasteiger partial charge in [-0.3, -0.25) is 4.79 Å². The van der Waals surface area contributed by atoms with E-state index >= 15 is 0 Å². The number of hydrogen-bond donors (Lipinski definition) is 2. The average molecular weight is 204 g/mol. The Balaban J connectivity index is 2.08. The van der Waals surface area contributed by atoms with E-state index in [2.05, 4.69) is 11.4 Å². The van der Waals surface area contributed by atoms with Crippen molar-refractivity contribution in [3.63, 3.8) is 0 Å². The molecule has 15 heavy (non-hydrogen) atoms. The van der Waals surface area contributed by atoms with Gasteiger partial charge < -0.3 is 11.1 Å². The lowest BCUT2D eigenvalue weighted by Gasteiger charge is -2.10. The van der Waals surface area contributed by atoms with Crippen LogP contribution in [-0.2, 0) is 11.2 Å². The number of nitrogens with one attached hydrogen (secondary N) is 1. The molecule has 0 unspecified atom stereocenters. The lowest BCUT2D eigenvalue weighted by atomic mass is 10.0. The SMILES string of the molecule is CC(=O)Nc1cccc(CC2(N)CC2)c1. The van der Waals surface area contributed by atoms with E-state index in [0.717, 1.165) is 24.9 Å². The summed E-state index contributed by atoms with van der Waals surface area (Å²) < 4.78 is 0. The van der Waals surface area contributed by atoms with E-state index in [1.165, 1.54) is 12.5 Å². The second-order valence-corrected chi connectivity index (χ2v) is 4.42. The van der Waals surface area contributed by atoms with Crippen molar-refractivity contribution >= 4 is 11.6 Å². The Hall–Kier alpha value is -1.35. The smallest absolute Gasteiger partial charge is 0.221 e. The lowest BCUT2D eigenvalue weighted by molar-refractivity contribution is -0.114. The van der Waals surface area contributed by atoms with E-state index in [4.69, 9.17) is 5.73 Å². The second-order valence-electron chi connectivity index (χ2n) is 4.42. The molecule has 1 aliphatic rings. The lowest BCUT2D eigenvalue weighted by Crippen LogP contribution is -2.24. The van der Waals surface area contributed by atoms with Crippen LogP contribution in [0.3, 0.4) is 0 Å². The first kappa shape index (κ1) is 10.2. The van der Waals surface area contributed by atoms with Crippen LogP contribution in [0.4, 0.5) is 5.69 Å². The normalized spacial score (nSPS) is 17.2. The molecule has 0 aromatic heterocycles. The number of carbonyl (C=O) groups is 1. The Morgan fingerprint density at radius 3 is 2.87 bits per heavy atom. The summed E-state index contributed by atoms with van der Waals surface area (Å²) in [5.41, 5.74) is 8.11. The van der Waals surface area contributed by atoms with Crippen LogP contribution >= 0.6 is 0 Å². The van der Waals surface area contributed by atoms with Crippen molar-refractivity contribution in [2.24, 2.45) is 5.73 Å². The van der Waals surface area contributed by atoms with Gasteiger partial charge in [-0.2, -0.15) is 0 Å². The Labute approximate surface area is 89.7 Å². The molecule has 1 aromatic rings. The molecule has 0 heterocycles. The molecule has 0 saturated heterocycles. The van der Waals surface area contributed by atoms with Crippen molar-refractivity contribution < 1.29 is 4.79 Å². The molecular formula is C12H16N2O. The minimum absolute atomic E-state index is 0.0227. The molecule has 0 spiro atoms. The Bertz CT molecular complexity index is 383. The molecule has 0 bridgehead atoms. The molecule has 0 atom stereocenters. The maximum absolute atomic E-state index is 10.9. The van der Waals surface area contributed by atoms with E-state index in [1.807, 2.05) is 18.2 Å². The molecule has 1 aromatic carbocycles. The second kappa shape index (κ2) is 3.66. The van der Waals surface area contributed by atoms with Gasteiger partial charge in [-0.15, -0.1) is 0 Å². The van der Waals surface area contributed by atoms with Crippen LogP contribution in [0.5, 0.6) is 0 Å². The van der Waals surface area contributed by atoms with Crippen molar-refractivity contribution in [3.05, 3.63) is 29.8 Å². The summed E-state index contributed by atoms with van der Waals surface area (Å²) >= 11 is 0. The fourth-order valence-corrected chi connectivity index (χ4v) is 1.71. The van der Waals surface area contributed by atoms with Crippen molar-refractivity contribution in [2.75, 3.05) is 5.32 Å². The summed E-state index contributed by atoms with van der Waals surface area (Å²) in [4.78, 5) is 10.9. The van der Waals surface area contributed by atoms with Crippen LogP contribution in [0.15, 0.2) is 24.3 Å². The van der Waals surface area contributed by atoms with E-state index in [9.17, 15) is 4.79 Å².